The number of hydrogen-bond donors (Lipinski definition) is 2. The van der Waals surface area contributed by atoms with E-state index in [2.05, 4.69) is 5.32 Å². The first-order valence-electron chi connectivity index (χ1n) is 6.10. The maximum atomic E-state index is 12.1. The zero-order valence-corrected chi connectivity index (χ0v) is 12.7. The Morgan fingerprint density at radius 1 is 1.19 bits per heavy atom. The van der Waals surface area contributed by atoms with E-state index in [1.54, 1.807) is 42.5 Å². The minimum Gasteiger partial charge on any atom is -0.495 e. The first-order chi connectivity index (χ1) is 10.0. The average Bonchev–Trinajstić information content (AvgIpc) is 2.49. The van der Waals surface area contributed by atoms with E-state index in [9.17, 15) is 9.90 Å². The van der Waals surface area contributed by atoms with Crippen molar-refractivity contribution >= 4 is 34.8 Å². The summed E-state index contributed by atoms with van der Waals surface area (Å²) in [4.78, 5) is 12.1. The van der Waals surface area contributed by atoms with Crippen molar-refractivity contribution in [3.63, 3.8) is 0 Å². The van der Waals surface area contributed by atoms with Gasteiger partial charge in [-0.1, -0.05) is 41.4 Å². The van der Waals surface area contributed by atoms with Crippen LogP contribution in [-0.4, -0.2) is 18.1 Å². The number of nitrogens with one attached hydrogen (secondary N) is 1. The first kappa shape index (κ1) is 15.6. The highest BCUT2D eigenvalue weighted by atomic mass is 35.5. The fraction of sp³-hybridized carbons (Fsp3) is 0.133. The van der Waals surface area contributed by atoms with Crippen LogP contribution in [-0.2, 0) is 4.79 Å². The van der Waals surface area contributed by atoms with Gasteiger partial charge in [0, 0.05) is 22.3 Å². The molecule has 21 heavy (non-hydrogen) atoms. The molecule has 0 aliphatic carbocycles. The van der Waals surface area contributed by atoms with Crippen LogP contribution in [0, 0.1) is 0 Å². The van der Waals surface area contributed by atoms with E-state index < -0.39 is 12.0 Å². The number of benzene rings is 2. The summed E-state index contributed by atoms with van der Waals surface area (Å²) in [5.74, 6) is -0.158. The Morgan fingerprint density at radius 3 is 2.57 bits per heavy atom. The third-order valence-electron chi connectivity index (χ3n) is 2.87. The van der Waals surface area contributed by atoms with Gasteiger partial charge in [-0.3, -0.25) is 4.79 Å². The molecule has 6 heteroatoms. The molecule has 0 bridgehead atoms. The number of aliphatic hydroxyl groups is 1. The lowest BCUT2D eigenvalue weighted by atomic mass is 10.1. The van der Waals surface area contributed by atoms with E-state index in [1.165, 1.54) is 7.11 Å². The fourth-order valence-electron chi connectivity index (χ4n) is 1.79. The summed E-state index contributed by atoms with van der Waals surface area (Å²) in [6.07, 6.45) is -1.36. The van der Waals surface area contributed by atoms with Gasteiger partial charge in [0.1, 0.15) is 5.75 Å². The second-order valence-corrected chi connectivity index (χ2v) is 5.08. The highest BCUT2D eigenvalue weighted by Gasteiger charge is 2.20. The van der Waals surface area contributed by atoms with Crippen molar-refractivity contribution in [2.75, 3.05) is 12.4 Å². The molecule has 0 spiro atoms. The van der Waals surface area contributed by atoms with Crippen LogP contribution in [0.15, 0.2) is 42.5 Å². The first-order valence-corrected chi connectivity index (χ1v) is 6.85. The highest BCUT2D eigenvalue weighted by molar-refractivity contribution is 6.32. The lowest BCUT2D eigenvalue weighted by Crippen LogP contribution is -2.21. The number of methoxy groups -OCH3 is 1. The van der Waals surface area contributed by atoms with E-state index in [0.29, 0.717) is 27.0 Å². The van der Waals surface area contributed by atoms with E-state index in [-0.39, 0.29) is 0 Å². The molecule has 110 valence electrons. The van der Waals surface area contributed by atoms with Crippen molar-refractivity contribution in [3.8, 4) is 5.75 Å². The summed E-state index contributed by atoms with van der Waals surface area (Å²) in [6, 6.07) is 11.4. The molecule has 2 aromatic carbocycles. The number of halogens is 2. The molecule has 0 saturated carbocycles. The number of carbonyl (C=O) groups excluding carboxylic acids is 1. The van der Waals surface area contributed by atoms with E-state index >= 15 is 0 Å². The third kappa shape index (κ3) is 3.67. The number of carbonyl (C=O) groups is 1. The van der Waals surface area contributed by atoms with Crippen molar-refractivity contribution in [2.45, 2.75) is 6.10 Å². The quantitative estimate of drug-likeness (QED) is 0.901. The average molecular weight is 326 g/mol. The monoisotopic (exact) mass is 325 g/mol. The molecule has 0 radical (unpaired) electrons. The molecule has 0 saturated heterocycles. The second-order valence-electron chi connectivity index (χ2n) is 4.26. The van der Waals surface area contributed by atoms with Gasteiger partial charge < -0.3 is 15.2 Å². The van der Waals surface area contributed by atoms with Gasteiger partial charge in [-0.15, -0.1) is 0 Å². The van der Waals surface area contributed by atoms with Gasteiger partial charge in [-0.25, -0.2) is 0 Å². The number of rotatable bonds is 4. The second kappa shape index (κ2) is 6.80. The zero-order valence-electron chi connectivity index (χ0n) is 11.1. The lowest BCUT2D eigenvalue weighted by Gasteiger charge is -2.13. The van der Waals surface area contributed by atoms with Crippen LogP contribution < -0.4 is 10.1 Å². The number of hydrogen-bond acceptors (Lipinski definition) is 3. The van der Waals surface area contributed by atoms with Gasteiger partial charge in [-0.2, -0.15) is 0 Å². The van der Waals surface area contributed by atoms with Crippen LogP contribution >= 0.6 is 23.2 Å². The molecule has 2 N–H and O–H groups in total. The van der Waals surface area contributed by atoms with Crippen LogP contribution in [0.25, 0.3) is 0 Å². The van der Waals surface area contributed by atoms with E-state index in [4.69, 9.17) is 27.9 Å². The molecule has 2 rings (SSSR count). The van der Waals surface area contributed by atoms with Crippen LogP contribution in [0.1, 0.15) is 11.7 Å². The third-order valence-corrected chi connectivity index (χ3v) is 3.52. The van der Waals surface area contributed by atoms with Gasteiger partial charge in [0.15, 0.2) is 6.10 Å². The number of anilines is 1. The standard InChI is InChI=1S/C15H13Cl2NO3/c1-21-13-8-9(6-7-12(13)17)18-15(20)14(19)10-4-2-3-5-11(10)16/h2-8,14,19H,1H3,(H,18,20). The maximum absolute atomic E-state index is 12.1. The van der Waals surface area contributed by atoms with Gasteiger partial charge >= 0.3 is 0 Å². The normalized spacial score (nSPS) is 11.8. The van der Waals surface area contributed by atoms with Gasteiger partial charge in [0.25, 0.3) is 5.91 Å². The Bertz CT molecular complexity index is 661. The molecule has 4 nitrogen and oxygen atoms in total. The summed E-state index contributed by atoms with van der Waals surface area (Å²) < 4.78 is 5.06. The molecule has 1 atom stereocenters. The minimum absolute atomic E-state index is 0.328. The molecule has 0 fully saturated rings. The topological polar surface area (TPSA) is 58.6 Å². The molecular formula is C15H13Cl2NO3. The summed E-state index contributed by atoms with van der Waals surface area (Å²) in [5, 5.41) is 13.4. The van der Waals surface area contributed by atoms with Crippen molar-refractivity contribution in [3.05, 3.63) is 58.1 Å². The SMILES string of the molecule is COc1cc(NC(=O)C(O)c2ccccc2Cl)ccc1Cl. The number of aliphatic hydroxyl groups excluding tert-OH is 1. The summed E-state index contributed by atoms with van der Waals surface area (Å²) in [5.41, 5.74) is 0.810. The summed E-state index contributed by atoms with van der Waals surface area (Å²) in [7, 11) is 1.48. The molecule has 0 heterocycles. The maximum Gasteiger partial charge on any atom is 0.257 e. The van der Waals surface area contributed by atoms with E-state index in [1.807, 2.05) is 0 Å². The van der Waals surface area contributed by atoms with Crippen molar-refractivity contribution in [2.24, 2.45) is 0 Å². The molecular weight excluding hydrogens is 313 g/mol. The van der Waals surface area contributed by atoms with Crippen molar-refractivity contribution in [1.82, 2.24) is 0 Å². The molecule has 0 aliphatic rings. The fourth-order valence-corrected chi connectivity index (χ4v) is 2.22. The molecule has 1 unspecified atom stereocenters. The Hall–Kier alpha value is -1.75. The van der Waals surface area contributed by atoms with Crippen molar-refractivity contribution in [1.29, 1.82) is 0 Å². The molecule has 0 aromatic heterocycles. The van der Waals surface area contributed by atoms with Gasteiger partial charge in [0.05, 0.1) is 12.1 Å². The predicted molar refractivity (Wildman–Crippen MR) is 83.0 cm³/mol. The smallest absolute Gasteiger partial charge is 0.257 e. The largest absolute Gasteiger partial charge is 0.495 e. The van der Waals surface area contributed by atoms with Crippen molar-refractivity contribution < 1.29 is 14.6 Å². The Kier molecular flexibility index (Phi) is 5.07. The van der Waals surface area contributed by atoms with Gasteiger partial charge in [-0.05, 0) is 18.2 Å². The molecule has 0 aliphatic heterocycles. The highest BCUT2D eigenvalue weighted by Crippen LogP contribution is 2.28. The summed E-state index contributed by atoms with van der Waals surface area (Å²) >= 11 is 11.9. The van der Waals surface area contributed by atoms with Crippen LogP contribution in [0.3, 0.4) is 0 Å². The van der Waals surface area contributed by atoms with Crippen LogP contribution in [0.5, 0.6) is 5.75 Å². The molecule has 1 amide bonds. The van der Waals surface area contributed by atoms with Crippen LogP contribution in [0.4, 0.5) is 5.69 Å². The van der Waals surface area contributed by atoms with Crippen LogP contribution in [0.2, 0.25) is 10.0 Å². The minimum atomic E-state index is -1.36. The number of ether oxygens (including phenoxy) is 1. The number of amides is 1. The lowest BCUT2D eigenvalue weighted by molar-refractivity contribution is -0.124. The predicted octanol–water partition coefficient (Wildman–Crippen LogP) is 3.67. The Morgan fingerprint density at radius 2 is 1.90 bits per heavy atom. The van der Waals surface area contributed by atoms with E-state index in [0.717, 1.165) is 0 Å². The zero-order chi connectivity index (χ0) is 15.4. The van der Waals surface area contributed by atoms with Gasteiger partial charge in [0.2, 0.25) is 0 Å². The summed E-state index contributed by atoms with van der Waals surface area (Å²) in [6.45, 7) is 0. The Labute approximate surface area is 132 Å². The molecule has 2 aromatic rings. The Balaban J connectivity index is 2.16.